The van der Waals surface area contributed by atoms with Gasteiger partial charge in [-0.3, -0.25) is 14.5 Å². The van der Waals surface area contributed by atoms with Gasteiger partial charge in [0.15, 0.2) is 0 Å². The van der Waals surface area contributed by atoms with Gasteiger partial charge in [0, 0.05) is 44.3 Å². The summed E-state index contributed by atoms with van der Waals surface area (Å²) in [6.07, 6.45) is 5.29. The van der Waals surface area contributed by atoms with Gasteiger partial charge in [0.05, 0.1) is 12.0 Å². The van der Waals surface area contributed by atoms with Crippen LogP contribution in [0.15, 0.2) is 24.3 Å². The third-order valence-corrected chi connectivity index (χ3v) is 6.50. The summed E-state index contributed by atoms with van der Waals surface area (Å²) in [6.45, 7) is 5.25. The van der Waals surface area contributed by atoms with Crippen molar-refractivity contribution in [2.24, 2.45) is 0 Å². The van der Waals surface area contributed by atoms with E-state index in [9.17, 15) is 9.59 Å². The van der Waals surface area contributed by atoms with Gasteiger partial charge in [-0.05, 0) is 49.8 Å². The van der Waals surface area contributed by atoms with Crippen LogP contribution in [0.25, 0.3) is 0 Å². The molecule has 1 aliphatic carbocycles. The predicted molar refractivity (Wildman–Crippen MR) is 106 cm³/mol. The Bertz CT molecular complexity index is 705. The second-order valence-corrected chi connectivity index (χ2v) is 8.54. The normalized spacial score (nSPS) is 22.6. The van der Waals surface area contributed by atoms with Gasteiger partial charge in [-0.15, -0.1) is 0 Å². The molecule has 0 bridgehead atoms. The van der Waals surface area contributed by atoms with Crippen molar-refractivity contribution in [2.45, 2.75) is 37.5 Å². The number of hydrogen-bond acceptors (Lipinski definition) is 3. The number of rotatable bonds is 4. The molecule has 4 rings (SSSR count). The predicted octanol–water partition coefficient (Wildman–Crippen LogP) is 2.53. The Morgan fingerprint density at radius 1 is 0.926 bits per heavy atom. The molecule has 2 aliphatic heterocycles. The number of likely N-dealkylation sites (tertiary alicyclic amines) is 1. The first-order valence-electron chi connectivity index (χ1n) is 10.1. The van der Waals surface area contributed by atoms with E-state index in [0.29, 0.717) is 24.7 Å². The number of amides is 2. The standard InChI is InChI=1S/C21H28ClN3O2/c22-18-6-4-5-17(15-18)21(7-8-21)20(27)25-13-11-23(12-14-25)16-19(26)24-9-2-1-3-10-24/h4-6,15H,1-3,7-14,16H2. The van der Waals surface area contributed by atoms with Gasteiger partial charge in [0.2, 0.25) is 11.8 Å². The quantitative estimate of drug-likeness (QED) is 0.794. The lowest BCUT2D eigenvalue weighted by Crippen LogP contribution is -2.53. The first-order chi connectivity index (χ1) is 13.1. The van der Waals surface area contributed by atoms with Crippen molar-refractivity contribution in [1.29, 1.82) is 0 Å². The minimum atomic E-state index is -0.364. The molecule has 146 valence electrons. The molecular weight excluding hydrogens is 362 g/mol. The molecule has 2 saturated heterocycles. The van der Waals surface area contributed by atoms with Crippen LogP contribution in [0.1, 0.15) is 37.7 Å². The smallest absolute Gasteiger partial charge is 0.236 e. The molecule has 0 N–H and O–H groups in total. The van der Waals surface area contributed by atoms with Crippen molar-refractivity contribution in [3.63, 3.8) is 0 Å². The van der Waals surface area contributed by atoms with Crippen molar-refractivity contribution >= 4 is 23.4 Å². The van der Waals surface area contributed by atoms with E-state index >= 15 is 0 Å². The van der Waals surface area contributed by atoms with Gasteiger partial charge in [-0.25, -0.2) is 0 Å². The Morgan fingerprint density at radius 3 is 2.26 bits per heavy atom. The van der Waals surface area contributed by atoms with Crippen LogP contribution in [0.5, 0.6) is 0 Å². The number of piperidine rings is 1. The molecule has 0 spiro atoms. The average Bonchev–Trinajstić information content (AvgIpc) is 3.51. The molecule has 3 aliphatic rings. The molecule has 1 aromatic carbocycles. The molecule has 2 heterocycles. The van der Waals surface area contributed by atoms with Gasteiger partial charge >= 0.3 is 0 Å². The molecule has 1 aromatic rings. The second-order valence-electron chi connectivity index (χ2n) is 8.10. The maximum Gasteiger partial charge on any atom is 0.236 e. The highest BCUT2D eigenvalue weighted by Gasteiger charge is 2.53. The summed E-state index contributed by atoms with van der Waals surface area (Å²) in [5.74, 6) is 0.471. The van der Waals surface area contributed by atoms with Crippen LogP contribution in [0.2, 0.25) is 5.02 Å². The van der Waals surface area contributed by atoms with Crippen LogP contribution < -0.4 is 0 Å². The Hall–Kier alpha value is -1.59. The molecular formula is C21H28ClN3O2. The number of benzene rings is 1. The van der Waals surface area contributed by atoms with E-state index in [1.54, 1.807) is 0 Å². The zero-order valence-corrected chi connectivity index (χ0v) is 16.6. The fraction of sp³-hybridized carbons (Fsp3) is 0.619. The number of carbonyl (C=O) groups is 2. The van der Waals surface area contributed by atoms with E-state index in [-0.39, 0.29) is 17.2 Å². The van der Waals surface area contributed by atoms with Crippen molar-refractivity contribution in [1.82, 2.24) is 14.7 Å². The van der Waals surface area contributed by atoms with E-state index < -0.39 is 0 Å². The Balaban J connectivity index is 1.31. The summed E-state index contributed by atoms with van der Waals surface area (Å²) in [7, 11) is 0. The average molecular weight is 390 g/mol. The van der Waals surface area contributed by atoms with Crippen LogP contribution >= 0.6 is 11.6 Å². The van der Waals surface area contributed by atoms with Crippen molar-refractivity contribution in [2.75, 3.05) is 45.8 Å². The minimum Gasteiger partial charge on any atom is -0.342 e. The van der Waals surface area contributed by atoms with Gasteiger partial charge in [-0.1, -0.05) is 23.7 Å². The number of piperazine rings is 1. The summed E-state index contributed by atoms with van der Waals surface area (Å²) in [5, 5.41) is 0.688. The first-order valence-corrected chi connectivity index (χ1v) is 10.5. The molecule has 3 fully saturated rings. The van der Waals surface area contributed by atoms with Gasteiger partial charge in [-0.2, -0.15) is 0 Å². The molecule has 1 saturated carbocycles. The Labute approximate surface area is 166 Å². The lowest BCUT2D eigenvalue weighted by atomic mass is 9.94. The Morgan fingerprint density at radius 2 is 1.63 bits per heavy atom. The monoisotopic (exact) mass is 389 g/mol. The third-order valence-electron chi connectivity index (χ3n) is 6.26. The third kappa shape index (κ3) is 3.99. The number of carbonyl (C=O) groups excluding carboxylic acids is 2. The summed E-state index contributed by atoms with van der Waals surface area (Å²) >= 11 is 6.13. The summed E-state index contributed by atoms with van der Waals surface area (Å²) < 4.78 is 0. The molecule has 5 nitrogen and oxygen atoms in total. The van der Waals surface area contributed by atoms with Gasteiger partial charge in [0.25, 0.3) is 0 Å². The summed E-state index contributed by atoms with van der Waals surface area (Å²) in [5.41, 5.74) is 0.680. The molecule has 27 heavy (non-hydrogen) atoms. The summed E-state index contributed by atoms with van der Waals surface area (Å²) in [4.78, 5) is 31.8. The zero-order valence-electron chi connectivity index (χ0n) is 15.8. The van der Waals surface area contributed by atoms with E-state index in [1.807, 2.05) is 34.1 Å². The van der Waals surface area contributed by atoms with Gasteiger partial charge < -0.3 is 9.80 Å². The van der Waals surface area contributed by atoms with Gasteiger partial charge in [0.1, 0.15) is 0 Å². The van der Waals surface area contributed by atoms with Crippen LogP contribution in [0, 0.1) is 0 Å². The largest absolute Gasteiger partial charge is 0.342 e. The van der Waals surface area contributed by atoms with Crippen LogP contribution in [-0.2, 0) is 15.0 Å². The fourth-order valence-corrected chi connectivity index (χ4v) is 4.57. The van der Waals surface area contributed by atoms with Crippen molar-refractivity contribution in [3.8, 4) is 0 Å². The van der Waals surface area contributed by atoms with Crippen LogP contribution in [0.4, 0.5) is 0 Å². The number of hydrogen-bond donors (Lipinski definition) is 0. The molecule has 6 heteroatoms. The summed E-state index contributed by atoms with van der Waals surface area (Å²) in [6, 6.07) is 7.73. The molecule has 0 atom stereocenters. The van der Waals surface area contributed by atoms with Crippen molar-refractivity contribution in [3.05, 3.63) is 34.9 Å². The van der Waals surface area contributed by atoms with Crippen LogP contribution in [-0.4, -0.2) is 72.3 Å². The lowest BCUT2D eigenvalue weighted by Gasteiger charge is -2.37. The SMILES string of the molecule is O=C(CN1CCN(C(=O)C2(c3cccc(Cl)c3)CC2)CC1)N1CCCCC1. The lowest BCUT2D eigenvalue weighted by molar-refractivity contribution is -0.137. The highest BCUT2D eigenvalue weighted by atomic mass is 35.5. The maximum absolute atomic E-state index is 13.2. The zero-order chi connectivity index (χ0) is 18.9. The molecule has 0 aromatic heterocycles. The van der Waals surface area contributed by atoms with E-state index in [4.69, 9.17) is 11.6 Å². The van der Waals surface area contributed by atoms with E-state index in [2.05, 4.69) is 4.90 Å². The second kappa shape index (κ2) is 7.80. The van der Waals surface area contributed by atoms with Crippen molar-refractivity contribution < 1.29 is 9.59 Å². The van der Waals surface area contributed by atoms with Crippen LogP contribution in [0.3, 0.4) is 0 Å². The van der Waals surface area contributed by atoms with E-state index in [0.717, 1.165) is 57.4 Å². The molecule has 0 radical (unpaired) electrons. The first kappa shape index (κ1) is 18.8. The fourth-order valence-electron chi connectivity index (χ4n) is 4.38. The highest BCUT2D eigenvalue weighted by molar-refractivity contribution is 6.30. The topological polar surface area (TPSA) is 43.9 Å². The van der Waals surface area contributed by atoms with E-state index in [1.165, 1.54) is 6.42 Å². The maximum atomic E-state index is 13.2. The minimum absolute atomic E-state index is 0.228. The number of nitrogens with zero attached hydrogens (tertiary/aromatic N) is 3. The molecule has 0 unspecified atom stereocenters. The number of halogens is 1. The Kier molecular flexibility index (Phi) is 5.42. The highest BCUT2D eigenvalue weighted by Crippen LogP contribution is 2.50. The molecule has 2 amide bonds.